The van der Waals surface area contributed by atoms with Crippen molar-refractivity contribution in [1.29, 1.82) is 5.26 Å². The summed E-state index contributed by atoms with van der Waals surface area (Å²) in [6, 6.07) is 7.78. The molecule has 0 saturated carbocycles. The monoisotopic (exact) mass is 311 g/mol. The molecule has 0 saturated heterocycles. The van der Waals surface area contributed by atoms with Crippen LogP contribution in [0.2, 0.25) is 0 Å². The lowest BCUT2D eigenvalue weighted by Crippen LogP contribution is -2.28. The number of ether oxygens (including phenoxy) is 1. The number of benzene rings is 1. The van der Waals surface area contributed by atoms with Crippen LogP contribution in [0.1, 0.15) is 5.56 Å². The summed E-state index contributed by atoms with van der Waals surface area (Å²) in [7, 11) is 3.75. The molecule has 0 fully saturated rings. The summed E-state index contributed by atoms with van der Waals surface area (Å²) in [5.74, 6) is 0. The molecule has 0 radical (unpaired) electrons. The van der Waals surface area contributed by atoms with E-state index in [9.17, 15) is 0 Å². The number of anilines is 1. The smallest absolute Gasteiger partial charge is 0.101 e. The van der Waals surface area contributed by atoms with Crippen molar-refractivity contribution < 1.29 is 4.74 Å². The first-order chi connectivity index (χ1) is 8.67. The van der Waals surface area contributed by atoms with E-state index in [4.69, 9.17) is 10.00 Å². The second kappa shape index (κ2) is 8.09. The van der Waals surface area contributed by atoms with Gasteiger partial charge in [-0.3, -0.25) is 0 Å². The van der Waals surface area contributed by atoms with Crippen molar-refractivity contribution in [3.8, 4) is 6.07 Å². The molecule has 0 aliphatic rings. The lowest BCUT2D eigenvalue weighted by molar-refractivity contribution is 0.163. The van der Waals surface area contributed by atoms with Crippen LogP contribution in [0, 0.1) is 11.3 Å². The summed E-state index contributed by atoms with van der Waals surface area (Å²) in [5.41, 5.74) is 1.53. The first-order valence-electron chi connectivity index (χ1n) is 5.78. The third kappa shape index (κ3) is 5.05. The van der Waals surface area contributed by atoms with Gasteiger partial charge in [0.2, 0.25) is 0 Å². The van der Waals surface area contributed by atoms with E-state index in [2.05, 4.69) is 32.2 Å². The third-order valence-corrected chi connectivity index (χ3v) is 3.08. The molecular formula is C13H18BrN3O. The van der Waals surface area contributed by atoms with Crippen LogP contribution in [-0.4, -0.2) is 45.3 Å². The van der Waals surface area contributed by atoms with Gasteiger partial charge in [-0.15, -0.1) is 0 Å². The Morgan fingerprint density at radius 2 is 2.22 bits per heavy atom. The number of rotatable bonds is 7. The van der Waals surface area contributed by atoms with Crippen LogP contribution < -0.4 is 5.32 Å². The Morgan fingerprint density at radius 3 is 2.89 bits per heavy atom. The number of halogens is 1. The van der Waals surface area contributed by atoms with Gasteiger partial charge in [0.25, 0.3) is 0 Å². The molecule has 0 aliphatic heterocycles. The summed E-state index contributed by atoms with van der Waals surface area (Å²) < 4.78 is 5.99. The van der Waals surface area contributed by atoms with Gasteiger partial charge in [-0.05, 0) is 25.2 Å². The summed E-state index contributed by atoms with van der Waals surface area (Å²) >= 11 is 3.40. The molecule has 1 aromatic carbocycles. The molecule has 4 nitrogen and oxygen atoms in total. The van der Waals surface area contributed by atoms with E-state index in [0.717, 1.165) is 36.4 Å². The fourth-order valence-electron chi connectivity index (χ4n) is 1.50. The molecule has 0 aliphatic carbocycles. The molecule has 0 aromatic heterocycles. The third-order valence-electron chi connectivity index (χ3n) is 2.59. The molecule has 18 heavy (non-hydrogen) atoms. The second-order valence-corrected chi connectivity index (χ2v) is 4.94. The van der Waals surface area contributed by atoms with Crippen molar-refractivity contribution in [3.63, 3.8) is 0 Å². The molecule has 98 valence electrons. The minimum Gasteiger partial charge on any atom is -0.383 e. The van der Waals surface area contributed by atoms with Crippen molar-refractivity contribution in [1.82, 2.24) is 4.90 Å². The van der Waals surface area contributed by atoms with E-state index < -0.39 is 0 Å². The number of hydrogen-bond donors (Lipinski definition) is 1. The van der Waals surface area contributed by atoms with E-state index in [1.165, 1.54) is 0 Å². The van der Waals surface area contributed by atoms with Crippen molar-refractivity contribution in [2.45, 2.75) is 0 Å². The summed E-state index contributed by atoms with van der Waals surface area (Å²) in [6.45, 7) is 3.34. The molecule has 0 heterocycles. The maximum Gasteiger partial charge on any atom is 0.101 e. The van der Waals surface area contributed by atoms with Gasteiger partial charge in [-0.25, -0.2) is 0 Å². The van der Waals surface area contributed by atoms with Gasteiger partial charge in [0.15, 0.2) is 0 Å². The van der Waals surface area contributed by atoms with E-state index in [-0.39, 0.29) is 0 Å². The maximum absolute atomic E-state index is 9.00. The normalized spacial score (nSPS) is 10.4. The number of hydrogen-bond acceptors (Lipinski definition) is 4. The molecule has 0 unspecified atom stereocenters. The van der Waals surface area contributed by atoms with Crippen LogP contribution >= 0.6 is 15.9 Å². The Kier molecular flexibility index (Phi) is 6.73. The predicted octanol–water partition coefficient (Wildman–Crippen LogP) is 2.31. The van der Waals surface area contributed by atoms with Crippen molar-refractivity contribution >= 4 is 21.6 Å². The average Bonchev–Trinajstić information content (AvgIpc) is 2.36. The molecular weight excluding hydrogens is 294 g/mol. The fraction of sp³-hybridized carbons (Fsp3) is 0.462. The Labute approximate surface area is 117 Å². The largest absolute Gasteiger partial charge is 0.383 e. The van der Waals surface area contributed by atoms with Crippen LogP contribution in [0.15, 0.2) is 22.7 Å². The van der Waals surface area contributed by atoms with Gasteiger partial charge < -0.3 is 15.0 Å². The van der Waals surface area contributed by atoms with Gasteiger partial charge in [0, 0.05) is 31.2 Å². The first-order valence-corrected chi connectivity index (χ1v) is 6.57. The summed E-state index contributed by atoms with van der Waals surface area (Å²) in [5, 5.41) is 12.3. The number of likely N-dealkylation sites (N-methyl/N-ethyl adjacent to an activating group) is 1. The van der Waals surface area contributed by atoms with Gasteiger partial charge >= 0.3 is 0 Å². The first kappa shape index (κ1) is 15.0. The second-order valence-electron chi connectivity index (χ2n) is 4.02. The van der Waals surface area contributed by atoms with Crippen LogP contribution in [0.25, 0.3) is 0 Å². The predicted molar refractivity (Wildman–Crippen MR) is 76.7 cm³/mol. The van der Waals surface area contributed by atoms with Crippen molar-refractivity contribution in [3.05, 3.63) is 28.2 Å². The molecule has 0 atom stereocenters. The van der Waals surface area contributed by atoms with Gasteiger partial charge in [-0.1, -0.05) is 15.9 Å². The fourth-order valence-corrected chi connectivity index (χ4v) is 1.86. The Hall–Kier alpha value is -1.09. The maximum atomic E-state index is 9.00. The van der Waals surface area contributed by atoms with Gasteiger partial charge in [0.1, 0.15) is 6.07 Å². The van der Waals surface area contributed by atoms with Crippen LogP contribution in [0.3, 0.4) is 0 Å². The zero-order valence-corrected chi connectivity index (χ0v) is 12.3. The minimum atomic E-state index is 0.665. The lowest BCUT2D eigenvalue weighted by Gasteiger charge is -2.17. The van der Waals surface area contributed by atoms with E-state index >= 15 is 0 Å². The van der Waals surface area contributed by atoms with E-state index in [1.54, 1.807) is 13.2 Å². The molecule has 1 rings (SSSR count). The molecule has 0 amide bonds. The Balaban J connectivity index is 2.44. The van der Waals surface area contributed by atoms with Crippen LogP contribution in [0.5, 0.6) is 0 Å². The Morgan fingerprint density at radius 1 is 1.44 bits per heavy atom. The molecule has 1 aromatic rings. The molecule has 0 spiro atoms. The van der Waals surface area contributed by atoms with E-state index in [0.29, 0.717) is 5.56 Å². The zero-order valence-electron chi connectivity index (χ0n) is 10.7. The quantitative estimate of drug-likeness (QED) is 0.839. The number of methoxy groups -OCH3 is 1. The van der Waals surface area contributed by atoms with Gasteiger partial charge in [0.05, 0.1) is 17.9 Å². The van der Waals surface area contributed by atoms with Crippen LogP contribution in [0.4, 0.5) is 5.69 Å². The highest BCUT2D eigenvalue weighted by Gasteiger charge is 2.03. The highest BCUT2D eigenvalue weighted by atomic mass is 79.9. The number of nitrogens with zero attached hydrogens (tertiary/aromatic N) is 2. The number of nitriles is 1. The number of nitrogens with one attached hydrogen (secondary N) is 1. The average molecular weight is 312 g/mol. The van der Waals surface area contributed by atoms with E-state index in [1.807, 2.05) is 19.2 Å². The van der Waals surface area contributed by atoms with Gasteiger partial charge in [-0.2, -0.15) is 5.26 Å². The highest BCUT2D eigenvalue weighted by Crippen LogP contribution is 2.20. The topological polar surface area (TPSA) is 48.3 Å². The highest BCUT2D eigenvalue weighted by molar-refractivity contribution is 9.10. The van der Waals surface area contributed by atoms with Crippen molar-refractivity contribution in [2.75, 3.05) is 45.7 Å². The lowest BCUT2D eigenvalue weighted by atomic mass is 10.2. The standard InChI is InChI=1S/C13H18BrN3O/c1-17(7-8-18-2)6-5-16-13-9-12(14)4-3-11(13)10-15/h3-4,9,16H,5-8H2,1-2H3. The molecule has 1 N–H and O–H groups in total. The molecule has 0 bridgehead atoms. The zero-order chi connectivity index (χ0) is 13.4. The molecule has 5 heteroatoms. The summed E-state index contributed by atoms with van der Waals surface area (Å²) in [4.78, 5) is 2.18. The van der Waals surface area contributed by atoms with Crippen LogP contribution in [-0.2, 0) is 4.74 Å². The minimum absolute atomic E-state index is 0.665. The SMILES string of the molecule is COCCN(C)CCNc1cc(Br)ccc1C#N. The summed E-state index contributed by atoms with van der Waals surface area (Å²) in [6.07, 6.45) is 0. The Bertz CT molecular complexity index is 417. The van der Waals surface area contributed by atoms with Crippen molar-refractivity contribution in [2.24, 2.45) is 0 Å².